The molecule has 0 saturated heterocycles. The molecule has 0 unspecified atom stereocenters. The molecule has 0 bridgehead atoms. The number of anilines is 4. The van der Waals surface area contributed by atoms with Gasteiger partial charge in [0.15, 0.2) is 11.0 Å². The Morgan fingerprint density at radius 3 is 2.39 bits per heavy atom. The largest absolute Gasteiger partial charge is 0.397 e. The summed E-state index contributed by atoms with van der Waals surface area (Å²) in [6, 6.07) is 13.0. The lowest BCUT2D eigenvalue weighted by Gasteiger charge is -2.13. The summed E-state index contributed by atoms with van der Waals surface area (Å²) in [5.74, 6) is 0.280. The Balaban J connectivity index is 1.87. The molecule has 1 amide bonds. The molecule has 2 aromatic carbocycles. The normalized spacial score (nSPS) is 10.7. The van der Waals surface area contributed by atoms with Gasteiger partial charge in [-0.1, -0.05) is 29.8 Å². The van der Waals surface area contributed by atoms with Crippen LogP contribution in [0.25, 0.3) is 11.1 Å². The van der Waals surface area contributed by atoms with Crippen molar-refractivity contribution >= 4 is 40.4 Å². The molecule has 0 aliphatic rings. The number of aromatic nitrogens is 2. The first kappa shape index (κ1) is 19.4. The second-order valence-corrected chi connectivity index (χ2v) is 6.92. The third kappa shape index (κ3) is 4.32. The quantitative estimate of drug-likeness (QED) is 0.384. The van der Waals surface area contributed by atoms with Crippen LogP contribution < -0.4 is 22.1 Å². The number of nitrogen functional groups attached to an aromatic ring is 2. The van der Waals surface area contributed by atoms with Gasteiger partial charge < -0.3 is 22.1 Å². The van der Waals surface area contributed by atoms with Gasteiger partial charge in [0.1, 0.15) is 12.0 Å². The summed E-state index contributed by atoms with van der Waals surface area (Å²) in [7, 11) is 0. The van der Waals surface area contributed by atoms with Crippen LogP contribution in [-0.2, 0) is 0 Å². The number of carbonyl (C=O) groups excluding carboxylic acids is 1. The van der Waals surface area contributed by atoms with Crippen LogP contribution in [0.2, 0.25) is 5.15 Å². The highest BCUT2D eigenvalue weighted by Gasteiger charge is 2.11. The number of carbonyl (C=O) groups is 1. The first-order valence-corrected chi connectivity index (χ1v) is 9.06. The van der Waals surface area contributed by atoms with E-state index in [1.807, 2.05) is 38.1 Å². The molecule has 0 aliphatic carbocycles. The minimum absolute atomic E-state index is 0.0839. The van der Waals surface area contributed by atoms with Crippen LogP contribution in [0.3, 0.4) is 0 Å². The summed E-state index contributed by atoms with van der Waals surface area (Å²) < 4.78 is 0. The van der Waals surface area contributed by atoms with E-state index in [0.29, 0.717) is 22.8 Å². The van der Waals surface area contributed by atoms with E-state index in [9.17, 15) is 4.79 Å². The van der Waals surface area contributed by atoms with E-state index >= 15 is 0 Å². The Labute approximate surface area is 168 Å². The van der Waals surface area contributed by atoms with E-state index in [2.05, 4.69) is 20.6 Å². The third-order valence-corrected chi connectivity index (χ3v) is 4.34. The Morgan fingerprint density at radius 2 is 1.71 bits per heavy atom. The maximum absolute atomic E-state index is 12.1. The SMILES string of the molecule is CC(C)NC(=O)c1ccc(-c2ccc(N)c(Nc3ncnc(Cl)c3N)c2)cc1. The van der Waals surface area contributed by atoms with Crippen LogP contribution in [0.5, 0.6) is 0 Å². The van der Waals surface area contributed by atoms with Gasteiger partial charge in [0, 0.05) is 11.6 Å². The molecule has 3 aromatic rings. The molecular formula is C20H21ClN6O. The summed E-state index contributed by atoms with van der Waals surface area (Å²) in [4.78, 5) is 20.0. The van der Waals surface area contributed by atoms with Gasteiger partial charge in [-0.2, -0.15) is 0 Å². The summed E-state index contributed by atoms with van der Waals surface area (Å²) in [5.41, 5.74) is 15.9. The molecule has 7 nitrogen and oxygen atoms in total. The molecule has 0 fully saturated rings. The zero-order valence-electron chi connectivity index (χ0n) is 15.5. The van der Waals surface area contributed by atoms with Gasteiger partial charge in [0.05, 0.1) is 11.4 Å². The predicted octanol–water partition coefficient (Wildman–Crippen LogP) is 3.84. The van der Waals surface area contributed by atoms with E-state index in [1.165, 1.54) is 6.33 Å². The number of halogens is 1. The first-order valence-electron chi connectivity index (χ1n) is 8.69. The fraction of sp³-hybridized carbons (Fsp3) is 0.150. The molecule has 8 heteroatoms. The van der Waals surface area contributed by atoms with Crippen LogP contribution in [-0.4, -0.2) is 21.9 Å². The molecule has 144 valence electrons. The van der Waals surface area contributed by atoms with Gasteiger partial charge in [-0.25, -0.2) is 9.97 Å². The van der Waals surface area contributed by atoms with E-state index in [-0.39, 0.29) is 22.8 Å². The molecule has 0 spiro atoms. The lowest BCUT2D eigenvalue weighted by atomic mass is 10.0. The van der Waals surface area contributed by atoms with Gasteiger partial charge in [0.25, 0.3) is 5.91 Å². The van der Waals surface area contributed by atoms with Gasteiger partial charge >= 0.3 is 0 Å². The van der Waals surface area contributed by atoms with Crippen LogP contribution in [0, 0.1) is 0 Å². The second kappa shape index (κ2) is 8.14. The molecule has 1 aromatic heterocycles. The minimum atomic E-state index is -0.0997. The third-order valence-electron chi connectivity index (χ3n) is 4.04. The maximum Gasteiger partial charge on any atom is 0.251 e. The molecule has 0 atom stereocenters. The van der Waals surface area contributed by atoms with E-state index in [1.54, 1.807) is 18.2 Å². The molecule has 0 saturated carbocycles. The highest BCUT2D eigenvalue weighted by atomic mass is 35.5. The number of nitrogens with zero attached hydrogens (tertiary/aromatic N) is 2. The van der Waals surface area contributed by atoms with Crippen molar-refractivity contribution in [2.45, 2.75) is 19.9 Å². The summed E-state index contributed by atoms with van der Waals surface area (Å²) in [6.07, 6.45) is 1.32. The number of nitrogens with two attached hydrogens (primary N) is 2. The number of nitrogens with one attached hydrogen (secondary N) is 2. The van der Waals surface area contributed by atoms with Crippen LogP contribution in [0.4, 0.5) is 22.9 Å². The monoisotopic (exact) mass is 396 g/mol. The van der Waals surface area contributed by atoms with Crippen LogP contribution >= 0.6 is 11.6 Å². The Kier molecular flexibility index (Phi) is 5.65. The topological polar surface area (TPSA) is 119 Å². The highest BCUT2D eigenvalue weighted by molar-refractivity contribution is 6.32. The smallest absolute Gasteiger partial charge is 0.251 e. The predicted molar refractivity (Wildman–Crippen MR) is 114 cm³/mol. The molecular weight excluding hydrogens is 376 g/mol. The van der Waals surface area contributed by atoms with Crippen molar-refractivity contribution in [3.05, 3.63) is 59.5 Å². The average Bonchev–Trinajstić information content (AvgIpc) is 2.66. The fourth-order valence-corrected chi connectivity index (χ4v) is 2.74. The zero-order valence-corrected chi connectivity index (χ0v) is 16.3. The Hall–Kier alpha value is -3.32. The van der Waals surface area contributed by atoms with Gasteiger partial charge in [-0.15, -0.1) is 0 Å². The molecule has 28 heavy (non-hydrogen) atoms. The Bertz CT molecular complexity index is 1000. The number of hydrogen-bond donors (Lipinski definition) is 4. The molecule has 0 radical (unpaired) electrons. The van der Waals surface area contributed by atoms with Gasteiger partial charge in [-0.05, 0) is 49.2 Å². The van der Waals surface area contributed by atoms with Crippen molar-refractivity contribution < 1.29 is 4.79 Å². The van der Waals surface area contributed by atoms with Crippen molar-refractivity contribution in [1.82, 2.24) is 15.3 Å². The summed E-state index contributed by atoms with van der Waals surface area (Å²) in [5, 5.41) is 6.13. The minimum Gasteiger partial charge on any atom is -0.397 e. The average molecular weight is 397 g/mol. The molecule has 6 N–H and O–H groups in total. The highest BCUT2D eigenvalue weighted by Crippen LogP contribution is 2.32. The van der Waals surface area contributed by atoms with Crippen molar-refractivity contribution in [3.63, 3.8) is 0 Å². The number of benzene rings is 2. The van der Waals surface area contributed by atoms with Gasteiger partial charge in [-0.3, -0.25) is 4.79 Å². The Morgan fingerprint density at radius 1 is 1.04 bits per heavy atom. The van der Waals surface area contributed by atoms with Crippen LogP contribution in [0.15, 0.2) is 48.8 Å². The fourth-order valence-electron chi connectivity index (χ4n) is 2.60. The summed E-state index contributed by atoms with van der Waals surface area (Å²) >= 11 is 5.94. The number of amides is 1. The van der Waals surface area contributed by atoms with E-state index < -0.39 is 0 Å². The van der Waals surface area contributed by atoms with Crippen LogP contribution in [0.1, 0.15) is 24.2 Å². The molecule has 1 heterocycles. The second-order valence-electron chi connectivity index (χ2n) is 6.56. The zero-order chi connectivity index (χ0) is 20.3. The number of hydrogen-bond acceptors (Lipinski definition) is 6. The maximum atomic E-state index is 12.1. The number of rotatable bonds is 5. The lowest BCUT2D eigenvalue weighted by molar-refractivity contribution is 0.0943. The first-order chi connectivity index (χ1) is 13.3. The lowest BCUT2D eigenvalue weighted by Crippen LogP contribution is -2.29. The van der Waals surface area contributed by atoms with Crippen molar-refractivity contribution in [1.29, 1.82) is 0 Å². The molecule has 3 rings (SSSR count). The van der Waals surface area contributed by atoms with Crippen molar-refractivity contribution in [3.8, 4) is 11.1 Å². The van der Waals surface area contributed by atoms with E-state index in [0.717, 1.165) is 11.1 Å². The standard InChI is InChI=1S/C20H21ClN6O/c1-11(2)26-20(28)13-5-3-12(4-6-13)14-7-8-15(22)16(9-14)27-19-17(23)18(21)24-10-25-19/h3-11H,22-23H2,1-2H3,(H,26,28)(H,24,25,27). The van der Waals surface area contributed by atoms with Crippen molar-refractivity contribution in [2.24, 2.45) is 0 Å². The van der Waals surface area contributed by atoms with E-state index in [4.69, 9.17) is 23.1 Å². The van der Waals surface area contributed by atoms with Gasteiger partial charge in [0.2, 0.25) is 0 Å². The summed E-state index contributed by atoms with van der Waals surface area (Å²) in [6.45, 7) is 3.85. The molecule has 0 aliphatic heterocycles. The van der Waals surface area contributed by atoms with Crippen molar-refractivity contribution in [2.75, 3.05) is 16.8 Å².